The summed E-state index contributed by atoms with van der Waals surface area (Å²) < 4.78 is 5.01. The van der Waals surface area contributed by atoms with E-state index in [1.54, 1.807) is 0 Å². The van der Waals surface area contributed by atoms with Crippen LogP contribution in [0.25, 0.3) is 0 Å². The number of nitrogen functional groups attached to an aromatic ring is 1. The third-order valence-corrected chi connectivity index (χ3v) is 2.98. The van der Waals surface area contributed by atoms with Gasteiger partial charge in [0, 0.05) is 12.5 Å². The van der Waals surface area contributed by atoms with Gasteiger partial charge in [0.05, 0.1) is 0 Å². The van der Waals surface area contributed by atoms with Crippen molar-refractivity contribution in [3.05, 3.63) is 22.9 Å². The Labute approximate surface area is 108 Å². The summed E-state index contributed by atoms with van der Waals surface area (Å²) in [4.78, 5) is 11.7. The number of nitrogens with zero attached hydrogens (tertiary/aromatic N) is 2. The van der Waals surface area contributed by atoms with Gasteiger partial charge in [-0.2, -0.15) is 0 Å². The molecule has 0 aliphatic rings. The summed E-state index contributed by atoms with van der Waals surface area (Å²) in [5.41, 5.74) is 5.40. The highest BCUT2D eigenvalue weighted by molar-refractivity contribution is 7.15. The molecule has 18 heavy (non-hydrogen) atoms. The third kappa shape index (κ3) is 3.07. The van der Waals surface area contributed by atoms with Crippen LogP contribution >= 0.6 is 11.3 Å². The predicted octanol–water partition coefficient (Wildman–Crippen LogP) is 2.16. The van der Waals surface area contributed by atoms with Crippen LogP contribution in [-0.2, 0) is 6.42 Å². The Kier molecular flexibility index (Phi) is 3.61. The minimum Gasteiger partial charge on any atom is -0.436 e. The Bertz CT molecular complexity index is 547. The molecule has 2 rings (SSSR count). The summed E-state index contributed by atoms with van der Waals surface area (Å²) >= 11 is 1.36. The van der Waals surface area contributed by atoms with Crippen molar-refractivity contribution in [2.75, 3.05) is 11.1 Å². The van der Waals surface area contributed by atoms with Crippen molar-refractivity contribution in [1.82, 2.24) is 10.2 Å². The zero-order valence-electron chi connectivity index (χ0n) is 10.1. The van der Waals surface area contributed by atoms with E-state index >= 15 is 0 Å². The zero-order valence-corrected chi connectivity index (χ0v) is 11.0. The lowest BCUT2D eigenvalue weighted by Gasteiger charge is -1.98. The summed E-state index contributed by atoms with van der Waals surface area (Å²) in [6.07, 6.45) is 0.848. The lowest BCUT2D eigenvalue weighted by Crippen LogP contribution is -2.10. The van der Waals surface area contributed by atoms with Crippen LogP contribution in [0.2, 0.25) is 0 Å². The smallest absolute Gasteiger partial charge is 0.293 e. The van der Waals surface area contributed by atoms with Crippen molar-refractivity contribution in [1.29, 1.82) is 0 Å². The van der Waals surface area contributed by atoms with Crippen molar-refractivity contribution >= 4 is 28.3 Å². The molecule has 0 aliphatic carbocycles. The van der Waals surface area contributed by atoms with Crippen LogP contribution in [0.15, 0.2) is 16.5 Å². The lowest BCUT2D eigenvalue weighted by molar-refractivity contribution is 0.0997. The van der Waals surface area contributed by atoms with Crippen molar-refractivity contribution in [2.45, 2.75) is 20.3 Å². The van der Waals surface area contributed by atoms with Crippen LogP contribution in [0, 0.1) is 5.92 Å². The maximum atomic E-state index is 11.7. The monoisotopic (exact) mass is 266 g/mol. The number of hydrogen-bond donors (Lipinski definition) is 2. The van der Waals surface area contributed by atoms with Gasteiger partial charge in [-0.25, -0.2) is 0 Å². The molecule has 0 unspecified atom stereocenters. The molecular formula is C11H14N4O2S. The van der Waals surface area contributed by atoms with Crippen molar-refractivity contribution in [3.63, 3.8) is 0 Å². The molecular weight excluding hydrogens is 252 g/mol. The standard InChI is InChI=1S/C11H14N4O2S/c1-6(2)5-9-14-15-11(18-9)13-10(16)7-3-4-8(12)17-7/h3-4,6H,5,12H2,1-2H3,(H,13,15,16). The number of furan rings is 1. The molecule has 0 atom stereocenters. The van der Waals surface area contributed by atoms with E-state index in [1.165, 1.54) is 23.5 Å². The number of nitrogens with two attached hydrogens (primary N) is 1. The molecule has 1 amide bonds. The highest BCUT2D eigenvalue weighted by Gasteiger charge is 2.13. The van der Waals surface area contributed by atoms with Gasteiger partial charge in [-0.05, 0) is 12.0 Å². The Morgan fingerprint density at radius 3 is 2.89 bits per heavy atom. The molecule has 2 heterocycles. The molecule has 0 radical (unpaired) electrons. The molecule has 0 spiro atoms. The largest absolute Gasteiger partial charge is 0.436 e. The van der Waals surface area contributed by atoms with E-state index in [0.29, 0.717) is 11.0 Å². The second-order valence-corrected chi connectivity index (χ2v) is 5.32. The fourth-order valence-corrected chi connectivity index (χ4v) is 2.32. The molecule has 0 saturated carbocycles. The number of carbonyl (C=O) groups is 1. The van der Waals surface area contributed by atoms with Gasteiger partial charge in [0.25, 0.3) is 5.91 Å². The number of carbonyl (C=O) groups excluding carboxylic acids is 1. The van der Waals surface area contributed by atoms with Crippen molar-refractivity contribution in [2.24, 2.45) is 5.92 Å². The number of rotatable bonds is 4. The van der Waals surface area contributed by atoms with E-state index < -0.39 is 0 Å². The van der Waals surface area contributed by atoms with E-state index in [4.69, 9.17) is 10.2 Å². The molecule has 6 nitrogen and oxygen atoms in total. The van der Waals surface area contributed by atoms with Gasteiger partial charge in [-0.1, -0.05) is 25.2 Å². The average molecular weight is 266 g/mol. The molecule has 3 N–H and O–H groups in total. The van der Waals surface area contributed by atoms with Crippen molar-refractivity contribution < 1.29 is 9.21 Å². The first-order valence-electron chi connectivity index (χ1n) is 5.53. The zero-order chi connectivity index (χ0) is 13.1. The molecule has 0 bridgehead atoms. The van der Waals surface area contributed by atoms with Crippen LogP contribution in [0.1, 0.15) is 29.4 Å². The molecule has 2 aromatic heterocycles. The van der Waals surface area contributed by atoms with E-state index in [9.17, 15) is 4.79 Å². The van der Waals surface area contributed by atoms with Crippen LogP contribution in [0.3, 0.4) is 0 Å². The molecule has 0 aliphatic heterocycles. The van der Waals surface area contributed by atoms with Crippen LogP contribution in [0.4, 0.5) is 11.0 Å². The summed E-state index contributed by atoms with van der Waals surface area (Å²) in [6.45, 7) is 4.20. The minimum atomic E-state index is -0.376. The first kappa shape index (κ1) is 12.6. The second kappa shape index (κ2) is 5.18. The minimum absolute atomic E-state index is 0.160. The molecule has 0 saturated heterocycles. The van der Waals surface area contributed by atoms with E-state index in [2.05, 4.69) is 29.4 Å². The van der Waals surface area contributed by atoms with Crippen LogP contribution < -0.4 is 11.1 Å². The van der Waals surface area contributed by atoms with E-state index in [1.807, 2.05) is 0 Å². The Morgan fingerprint density at radius 1 is 1.50 bits per heavy atom. The van der Waals surface area contributed by atoms with Crippen LogP contribution in [0.5, 0.6) is 0 Å². The Morgan fingerprint density at radius 2 is 2.28 bits per heavy atom. The normalized spacial score (nSPS) is 10.8. The second-order valence-electron chi connectivity index (χ2n) is 4.26. The number of aromatic nitrogens is 2. The number of nitrogens with one attached hydrogen (secondary N) is 1. The van der Waals surface area contributed by atoms with Gasteiger partial charge >= 0.3 is 0 Å². The predicted molar refractivity (Wildman–Crippen MR) is 69.5 cm³/mol. The van der Waals surface area contributed by atoms with E-state index in [-0.39, 0.29) is 17.6 Å². The summed E-state index contributed by atoms with van der Waals surface area (Å²) in [6, 6.07) is 3.04. The number of anilines is 2. The molecule has 96 valence electrons. The highest BCUT2D eigenvalue weighted by Crippen LogP contribution is 2.19. The maximum absolute atomic E-state index is 11.7. The fraction of sp³-hybridized carbons (Fsp3) is 0.364. The molecule has 0 aromatic carbocycles. The van der Waals surface area contributed by atoms with Gasteiger partial charge in [0.2, 0.25) is 5.13 Å². The van der Waals surface area contributed by atoms with Gasteiger partial charge in [0.1, 0.15) is 5.01 Å². The summed E-state index contributed by atoms with van der Waals surface area (Å²) in [5.74, 6) is 0.497. The molecule has 2 aromatic rings. The fourth-order valence-electron chi connectivity index (χ4n) is 1.37. The average Bonchev–Trinajstić information content (AvgIpc) is 2.87. The van der Waals surface area contributed by atoms with E-state index in [0.717, 1.165) is 11.4 Å². The first-order chi connectivity index (χ1) is 8.54. The lowest BCUT2D eigenvalue weighted by atomic mass is 10.1. The first-order valence-corrected chi connectivity index (χ1v) is 6.35. The van der Waals surface area contributed by atoms with Gasteiger partial charge in [-0.15, -0.1) is 10.2 Å². The summed E-state index contributed by atoms with van der Waals surface area (Å²) in [5, 5.41) is 11.9. The summed E-state index contributed by atoms with van der Waals surface area (Å²) in [7, 11) is 0. The van der Waals surface area contributed by atoms with Gasteiger partial charge in [-0.3, -0.25) is 10.1 Å². The quantitative estimate of drug-likeness (QED) is 0.884. The SMILES string of the molecule is CC(C)Cc1nnc(NC(=O)c2ccc(N)o2)s1. The maximum Gasteiger partial charge on any atom is 0.293 e. The number of amides is 1. The number of hydrogen-bond acceptors (Lipinski definition) is 6. The van der Waals surface area contributed by atoms with Gasteiger partial charge in [0.15, 0.2) is 11.6 Å². The molecule has 0 fully saturated rings. The van der Waals surface area contributed by atoms with Gasteiger partial charge < -0.3 is 10.2 Å². The van der Waals surface area contributed by atoms with Crippen molar-refractivity contribution in [3.8, 4) is 0 Å². The highest BCUT2D eigenvalue weighted by atomic mass is 32.1. The Hall–Kier alpha value is -1.89. The molecule has 7 heteroatoms. The van der Waals surface area contributed by atoms with Crippen LogP contribution in [-0.4, -0.2) is 16.1 Å². The Balaban J connectivity index is 2.01. The third-order valence-electron chi connectivity index (χ3n) is 2.12. The topological polar surface area (TPSA) is 94.0 Å².